The molecule has 0 amide bonds. The molecule has 0 spiro atoms. The van der Waals surface area contributed by atoms with Crippen LogP contribution in [0.15, 0.2) is 277 Å². The van der Waals surface area contributed by atoms with Crippen LogP contribution in [0.5, 0.6) is 63.2 Å². The number of benzene rings is 12. The fraction of sp³-hybridized carbons (Fsp3) is 0.0930. The molecule has 0 fully saturated rings. The molecule has 0 radical (unpaired) electrons. The summed E-state index contributed by atoms with van der Waals surface area (Å²) in [6.45, 7) is 1.81. The number of methoxy groups -OCH3 is 1. The summed E-state index contributed by atoms with van der Waals surface area (Å²) in [5, 5.41) is 35.9. The molecule has 0 aromatic heterocycles. The maximum absolute atomic E-state index is 14.5. The first-order valence-electron chi connectivity index (χ1n) is 33.7. The number of aromatic hydroxyl groups is 4. The molecule has 0 atom stereocenters. The molecular formula is C86H56F16K2O16S2. The molecule has 0 bridgehead atoms. The SMILES string of the molecule is C#Cc1ccc(C)cc1Oc1ccc(Oc2ccc(C(=O)c3ccc(Oc4ccc(C(c5ccc(OC)cc5)(C(F)(F)F)C(F)(F)F)cc4)cc3)cc2)c(S(=O)(=O)[O-])c1.C#Cc1ccc(F)cc1F.O=C(c1ccc(F)cc1)c1ccc(F)cc1.O=S(=O)([O-])c1cc(O)ccc1O.Oc1ccc(C(c2ccc(O)cc2)(C(F)(F)F)C(F)(F)F)cc1.[K+].[K+]. The molecule has 0 heterocycles. The molecule has 12 aromatic carbocycles. The molecule has 0 aliphatic heterocycles. The zero-order chi connectivity index (χ0) is 88.7. The summed E-state index contributed by atoms with van der Waals surface area (Å²) in [5.74, 6) is 0.00782. The first-order chi connectivity index (χ1) is 56.1. The van der Waals surface area contributed by atoms with E-state index in [0.29, 0.717) is 59.2 Å². The summed E-state index contributed by atoms with van der Waals surface area (Å²) < 4.78 is 308. The van der Waals surface area contributed by atoms with Gasteiger partial charge in [-0.15, -0.1) is 12.8 Å². The third-order valence-electron chi connectivity index (χ3n) is 17.0. The number of terminal acetylenes is 2. The van der Waals surface area contributed by atoms with E-state index >= 15 is 0 Å². The standard InChI is InChI=1S/C44H30F6O8S.C15H10F6O2.C13H8F2O.C8H4F2.C6H6O5S.2K/c1-4-28-6-5-27(2)25-39(28)58-37-23-24-38(40(26-37)59(52,53)54)57-36-17-9-30(10-18-36)41(51)29-7-15-34(16-8-29)56-35-21-13-32(14-22-35)42(43(45,46)47,44(48,49)50)31-11-19-33(55-3)20-12-31;16-14(17,18)13(15(19,20)21,9-1-5-11(22)6-2-9)10-3-7-12(23)8-4-10;14-11-5-1-9(2-6-11)13(16)10-3-7-12(15)8-4-10;1-2-6-3-4-7(9)5-8(6)10;7-4-1-2-5(8)6(3-4)12(9,10)11;;/h1,5-26H,2-3H3,(H,52,53,54);1-8,22-23H;1-8H;1,3-5H;1-3,7-8H,(H,9,10,11);;/q;;;;;2*+1/p-2. The van der Waals surface area contributed by atoms with Crippen LogP contribution in [-0.2, 0) is 31.1 Å². The van der Waals surface area contributed by atoms with Gasteiger partial charge in [-0.3, -0.25) is 9.59 Å². The van der Waals surface area contributed by atoms with E-state index in [4.69, 9.17) is 52.2 Å². The number of carbonyl (C=O) groups is 2. The predicted octanol–water partition coefficient (Wildman–Crippen LogP) is 14.6. The Kier molecular flexibility index (Phi) is 34.6. The molecule has 0 aliphatic carbocycles. The first-order valence-corrected chi connectivity index (χ1v) is 36.5. The second-order valence-electron chi connectivity index (χ2n) is 24.9. The number of phenolic OH excluding ortho intramolecular Hbond substituents is 4. The molecule has 4 N–H and O–H groups in total. The van der Waals surface area contributed by atoms with Gasteiger partial charge in [0, 0.05) is 40.5 Å². The second kappa shape index (κ2) is 42.0. The maximum atomic E-state index is 14.5. The molecular weight excluding hydrogens is 1740 g/mol. The fourth-order valence-electron chi connectivity index (χ4n) is 11.2. The summed E-state index contributed by atoms with van der Waals surface area (Å²) in [6.07, 6.45) is -12.5. The number of hydrogen-bond acceptors (Lipinski definition) is 16. The Labute approximate surface area is 770 Å². The Morgan fingerprint density at radius 1 is 0.352 bits per heavy atom. The third kappa shape index (κ3) is 24.9. The summed E-state index contributed by atoms with van der Waals surface area (Å²) in [4.78, 5) is 23.6. The van der Waals surface area contributed by atoms with Gasteiger partial charge >= 0.3 is 127 Å². The number of phenols is 4. The molecule has 0 unspecified atom stereocenters. The molecule has 16 nitrogen and oxygen atoms in total. The Hall–Kier alpha value is -10.5. The average Bonchev–Trinajstić information content (AvgIpc) is 0.721. The minimum absolute atomic E-state index is 0. The van der Waals surface area contributed by atoms with Crippen molar-refractivity contribution in [3.8, 4) is 87.9 Å². The van der Waals surface area contributed by atoms with Gasteiger partial charge in [-0.25, -0.2) is 34.4 Å². The number of halogens is 16. The van der Waals surface area contributed by atoms with Gasteiger partial charge in [0.2, 0.25) is 10.8 Å². The Bertz CT molecular complexity index is 5830. The van der Waals surface area contributed by atoms with Crippen LogP contribution in [0.1, 0.15) is 70.8 Å². The van der Waals surface area contributed by atoms with Crippen LogP contribution in [0, 0.1) is 54.9 Å². The molecule has 0 aliphatic rings. The largest absolute Gasteiger partial charge is 1.00 e. The van der Waals surface area contributed by atoms with E-state index in [9.17, 15) is 106 Å². The van der Waals surface area contributed by atoms with Crippen molar-refractivity contribution in [2.24, 2.45) is 0 Å². The molecule has 122 heavy (non-hydrogen) atoms. The van der Waals surface area contributed by atoms with Crippen molar-refractivity contribution in [2.75, 3.05) is 7.11 Å². The van der Waals surface area contributed by atoms with Crippen LogP contribution in [0.2, 0.25) is 0 Å². The normalized spacial score (nSPS) is 11.5. The predicted molar refractivity (Wildman–Crippen MR) is 400 cm³/mol. The van der Waals surface area contributed by atoms with Crippen molar-refractivity contribution in [1.29, 1.82) is 0 Å². The molecule has 0 saturated carbocycles. The van der Waals surface area contributed by atoms with E-state index < -0.39 is 134 Å². The Morgan fingerprint density at radius 2 is 0.672 bits per heavy atom. The van der Waals surface area contributed by atoms with Crippen molar-refractivity contribution < 1.29 is 248 Å². The van der Waals surface area contributed by atoms with Crippen molar-refractivity contribution in [3.05, 3.63) is 351 Å². The summed E-state index contributed by atoms with van der Waals surface area (Å²) in [5.41, 5.74) is -10.4. The van der Waals surface area contributed by atoms with Gasteiger partial charge in [0.05, 0.1) is 23.1 Å². The number of rotatable bonds is 17. The topological polar surface area (TPSA) is 266 Å². The first kappa shape index (κ1) is 100. The van der Waals surface area contributed by atoms with Gasteiger partial charge in [-0.05, 0) is 229 Å². The summed E-state index contributed by atoms with van der Waals surface area (Å²) in [6, 6.07) is 48.3. The maximum Gasteiger partial charge on any atom is 1.00 e. The van der Waals surface area contributed by atoms with Gasteiger partial charge in [-0.2, -0.15) is 52.7 Å². The zero-order valence-electron chi connectivity index (χ0n) is 63.1. The number of ketones is 2. The number of ether oxygens (including phenoxy) is 4. The Morgan fingerprint density at radius 3 is 1.02 bits per heavy atom. The number of hydrogen-bond donors (Lipinski definition) is 4. The van der Waals surface area contributed by atoms with Gasteiger partial charge < -0.3 is 48.5 Å². The number of alkyl halides is 12. The average molecular weight is 1790 g/mol. The quantitative estimate of drug-likeness (QED) is 0.0165. The molecule has 36 heteroatoms. The van der Waals surface area contributed by atoms with Crippen molar-refractivity contribution in [2.45, 2.75) is 52.2 Å². The second-order valence-corrected chi connectivity index (χ2v) is 27.6. The number of carbonyl (C=O) groups excluding carboxylic acids is 2. The van der Waals surface area contributed by atoms with E-state index in [1.807, 2.05) is 6.92 Å². The van der Waals surface area contributed by atoms with Crippen LogP contribution < -0.4 is 122 Å². The van der Waals surface area contributed by atoms with Gasteiger partial charge in [0.15, 0.2) is 11.6 Å². The van der Waals surface area contributed by atoms with Crippen LogP contribution in [0.4, 0.5) is 70.2 Å². The van der Waals surface area contributed by atoms with E-state index in [1.54, 1.807) is 18.2 Å². The monoisotopic (exact) mass is 1790 g/mol. The summed E-state index contributed by atoms with van der Waals surface area (Å²) >= 11 is 0. The molecule has 12 rings (SSSR count). The molecule has 622 valence electrons. The van der Waals surface area contributed by atoms with Gasteiger partial charge in [0.25, 0.3) is 0 Å². The third-order valence-corrected chi connectivity index (χ3v) is 18.7. The molecule has 0 saturated heterocycles. The van der Waals surface area contributed by atoms with Crippen LogP contribution in [0.25, 0.3) is 0 Å². The van der Waals surface area contributed by atoms with Gasteiger partial charge in [0.1, 0.15) is 112 Å². The summed E-state index contributed by atoms with van der Waals surface area (Å²) in [7, 11) is -8.54. The van der Waals surface area contributed by atoms with Crippen LogP contribution in [-0.4, -0.2) is 89.7 Å². The molecule has 12 aromatic rings. The zero-order valence-corrected chi connectivity index (χ0v) is 71.0. The van der Waals surface area contributed by atoms with E-state index in [0.717, 1.165) is 96.6 Å². The minimum atomic E-state index is -5.78. The minimum Gasteiger partial charge on any atom is -0.744 e. The van der Waals surface area contributed by atoms with Gasteiger partial charge in [-0.1, -0.05) is 66.4 Å². The van der Waals surface area contributed by atoms with Crippen molar-refractivity contribution >= 4 is 31.8 Å². The van der Waals surface area contributed by atoms with E-state index in [2.05, 4.69) is 11.8 Å². The van der Waals surface area contributed by atoms with Crippen molar-refractivity contribution in [3.63, 3.8) is 0 Å². The Balaban J connectivity index is 0.000000293. The van der Waals surface area contributed by atoms with Crippen LogP contribution in [0.3, 0.4) is 0 Å². The van der Waals surface area contributed by atoms with Crippen molar-refractivity contribution in [1.82, 2.24) is 0 Å². The van der Waals surface area contributed by atoms with E-state index in [1.165, 1.54) is 122 Å². The fourth-order valence-corrected chi connectivity index (χ4v) is 12.5. The number of aryl methyl sites for hydroxylation is 1. The van der Waals surface area contributed by atoms with Crippen LogP contribution >= 0.6 is 0 Å². The smallest absolute Gasteiger partial charge is 0.744 e. The van der Waals surface area contributed by atoms with E-state index in [-0.39, 0.29) is 171 Å².